The van der Waals surface area contributed by atoms with Crippen LogP contribution in [0.25, 0.3) is 0 Å². The van der Waals surface area contributed by atoms with Crippen molar-refractivity contribution in [2.45, 2.75) is 32.1 Å². The molecule has 1 aliphatic rings. The van der Waals surface area contributed by atoms with Crippen molar-refractivity contribution in [1.29, 1.82) is 0 Å². The monoisotopic (exact) mass is 429 g/mol. The first kappa shape index (κ1) is 21.5. The summed E-state index contributed by atoms with van der Waals surface area (Å²) in [6.07, 6.45) is 3.77. The van der Waals surface area contributed by atoms with E-state index in [9.17, 15) is 19.2 Å². The van der Waals surface area contributed by atoms with Gasteiger partial charge in [0.15, 0.2) is 6.61 Å². The van der Waals surface area contributed by atoms with Gasteiger partial charge in [-0.25, -0.2) is 0 Å². The Morgan fingerprint density at radius 3 is 2.50 bits per heavy atom. The summed E-state index contributed by atoms with van der Waals surface area (Å²) in [6.45, 7) is -0.854. The number of esters is 1. The molecule has 3 amide bonds. The number of thiophene rings is 1. The Bertz CT molecular complexity index is 955. The first-order chi connectivity index (χ1) is 14.4. The van der Waals surface area contributed by atoms with Crippen LogP contribution in [0, 0.1) is 0 Å². The number of rotatable bonds is 8. The minimum Gasteiger partial charge on any atom is -0.454 e. The Kier molecular flexibility index (Phi) is 7.18. The van der Waals surface area contributed by atoms with Gasteiger partial charge in [0.1, 0.15) is 11.5 Å². The number of anilines is 1. The fourth-order valence-corrected chi connectivity index (χ4v) is 4.60. The Labute approximate surface area is 177 Å². The maximum atomic E-state index is 12.2. The van der Waals surface area contributed by atoms with Gasteiger partial charge in [-0.3, -0.25) is 19.2 Å². The summed E-state index contributed by atoms with van der Waals surface area (Å²) in [6, 6.07) is 9.11. The number of amides is 3. The van der Waals surface area contributed by atoms with E-state index in [1.807, 2.05) is 30.3 Å². The number of ether oxygens (including phenoxy) is 1. The molecule has 0 spiro atoms. The summed E-state index contributed by atoms with van der Waals surface area (Å²) in [5.74, 6) is -2.20. The van der Waals surface area contributed by atoms with Crippen LogP contribution in [0.2, 0.25) is 0 Å². The maximum absolute atomic E-state index is 12.2. The minimum absolute atomic E-state index is 0.146. The average molecular weight is 429 g/mol. The van der Waals surface area contributed by atoms with E-state index in [1.165, 1.54) is 11.3 Å². The van der Waals surface area contributed by atoms with Gasteiger partial charge >= 0.3 is 5.97 Å². The van der Waals surface area contributed by atoms with Gasteiger partial charge in [-0.1, -0.05) is 30.3 Å². The summed E-state index contributed by atoms with van der Waals surface area (Å²) in [5.41, 5.74) is 7.58. The van der Waals surface area contributed by atoms with Gasteiger partial charge in [-0.2, -0.15) is 0 Å². The average Bonchev–Trinajstić information content (AvgIpc) is 3.09. The van der Waals surface area contributed by atoms with E-state index in [1.54, 1.807) is 0 Å². The molecular formula is C21H23N3O5S. The number of fused-ring (bicyclic) bond motifs is 1. The number of benzene rings is 1. The SMILES string of the molecule is NC(=O)c1c(NC(=O)COC(=O)CNC(=O)Cc2ccccc2)sc2c1CCCC2. The lowest BCUT2D eigenvalue weighted by atomic mass is 9.95. The van der Waals surface area contributed by atoms with Crippen molar-refractivity contribution in [2.24, 2.45) is 5.73 Å². The van der Waals surface area contributed by atoms with E-state index >= 15 is 0 Å². The van der Waals surface area contributed by atoms with E-state index in [4.69, 9.17) is 10.5 Å². The predicted molar refractivity (Wildman–Crippen MR) is 112 cm³/mol. The lowest BCUT2D eigenvalue weighted by Gasteiger charge is -2.11. The number of carbonyl (C=O) groups is 4. The molecule has 0 unspecified atom stereocenters. The van der Waals surface area contributed by atoms with Crippen molar-refractivity contribution in [3.05, 3.63) is 51.9 Å². The topological polar surface area (TPSA) is 128 Å². The molecule has 30 heavy (non-hydrogen) atoms. The number of primary amides is 1. The fourth-order valence-electron chi connectivity index (χ4n) is 3.29. The molecule has 2 aromatic rings. The molecule has 0 radical (unpaired) electrons. The van der Waals surface area contributed by atoms with Gasteiger partial charge in [0, 0.05) is 4.88 Å². The van der Waals surface area contributed by atoms with Crippen LogP contribution in [-0.4, -0.2) is 36.8 Å². The molecule has 4 N–H and O–H groups in total. The molecule has 1 heterocycles. The van der Waals surface area contributed by atoms with E-state index < -0.39 is 24.4 Å². The quantitative estimate of drug-likeness (QED) is 0.549. The molecule has 0 bridgehead atoms. The molecular weight excluding hydrogens is 406 g/mol. The molecule has 0 aliphatic heterocycles. The van der Waals surface area contributed by atoms with Crippen LogP contribution in [-0.2, 0) is 38.4 Å². The van der Waals surface area contributed by atoms with Crippen molar-refractivity contribution in [3.63, 3.8) is 0 Å². The molecule has 9 heteroatoms. The summed E-state index contributed by atoms with van der Waals surface area (Å²) in [7, 11) is 0. The van der Waals surface area contributed by atoms with Crippen LogP contribution in [0.5, 0.6) is 0 Å². The molecule has 8 nitrogen and oxygen atoms in total. The number of nitrogens with one attached hydrogen (secondary N) is 2. The third kappa shape index (κ3) is 5.66. The zero-order valence-electron chi connectivity index (χ0n) is 16.4. The van der Waals surface area contributed by atoms with Gasteiger partial charge in [0.05, 0.1) is 12.0 Å². The predicted octanol–water partition coefficient (Wildman–Crippen LogP) is 1.57. The lowest BCUT2D eigenvalue weighted by Crippen LogP contribution is -2.33. The second kappa shape index (κ2) is 10.0. The summed E-state index contributed by atoms with van der Waals surface area (Å²) >= 11 is 1.34. The highest BCUT2D eigenvalue weighted by atomic mass is 32.1. The zero-order valence-corrected chi connectivity index (χ0v) is 17.2. The van der Waals surface area contributed by atoms with Crippen LogP contribution < -0.4 is 16.4 Å². The molecule has 1 aromatic heterocycles. The van der Waals surface area contributed by atoms with Gasteiger partial charge in [0.25, 0.3) is 11.8 Å². The van der Waals surface area contributed by atoms with Gasteiger partial charge in [-0.05, 0) is 36.8 Å². The largest absolute Gasteiger partial charge is 0.454 e. The Balaban J connectivity index is 1.45. The van der Waals surface area contributed by atoms with Crippen molar-refractivity contribution in [2.75, 3.05) is 18.5 Å². The van der Waals surface area contributed by atoms with E-state index in [-0.39, 0.29) is 18.9 Å². The van der Waals surface area contributed by atoms with Crippen molar-refractivity contribution in [3.8, 4) is 0 Å². The molecule has 158 valence electrons. The van der Waals surface area contributed by atoms with E-state index in [0.717, 1.165) is 41.7 Å². The number of aryl methyl sites for hydroxylation is 1. The molecule has 1 aromatic carbocycles. The molecule has 1 aliphatic carbocycles. The normalized spacial score (nSPS) is 12.5. The summed E-state index contributed by atoms with van der Waals surface area (Å²) in [5, 5.41) is 5.47. The van der Waals surface area contributed by atoms with Crippen LogP contribution >= 0.6 is 11.3 Å². The van der Waals surface area contributed by atoms with Gasteiger partial charge in [0.2, 0.25) is 5.91 Å². The lowest BCUT2D eigenvalue weighted by molar-refractivity contribution is -0.147. The number of hydrogen-bond donors (Lipinski definition) is 3. The van der Waals surface area contributed by atoms with Crippen LogP contribution in [0.3, 0.4) is 0 Å². The minimum atomic E-state index is -0.729. The molecule has 0 saturated carbocycles. The standard InChI is InChI=1S/C21H23N3O5S/c22-20(28)19-14-8-4-5-9-15(14)30-21(19)24-17(26)12-29-18(27)11-23-16(25)10-13-6-2-1-3-7-13/h1-3,6-7H,4-5,8-12H2,(H2,22,28)(H,23,25)(H,24,26). The van der Waals surface area contributed by atoms with Crippen LogP contribution in [0.15, 0.2) is 30.3 Å². The third-order valence-corrected chi connectivity index (χ3v) is 5.88. The zero-order chi connectivity index (χ0) is 21.5. The highest BCUT2D eigenvalue weighted by molar-refractivity contribution is 7.17. The Hall–Kier alpha value is -3.20. The fraction of sp³-hybridized carbons (Fsp3) is 0.333. The number of hydrogen-bond acceptors (Lipinski definition) is 6. The molecule has 0 atom stereocenters. The summed E-state index contributed by atoms with van der Waals surface area (Å²) < 4.78 is 4.90. The number of carbonyl (C=O) groups excluding carboxylic acids is 4. The van der Waals surface area contributed by atoms with Crippen molar-refractivity contribution >= 4 is 40.0 Å². The smallest absolute Gasteiger partial charge is 0.325 e. The van der Waals surface area contributed by atoms with Crippen LogP contribution in [0.4, 0.5) is 5.00 Å². The summed E-state index contributed by atoms with van der Waals surface area (Å²) in [4.78, 5) is 48.7. The second-order valence-corrected chi connectivity index (χ2v) is 8.03. The molecule has 0 fully saturated rings. The highest BCUT2D eigenvalue weighted by Gasteiger charge is 2.25. The Morgan fingerprint density at radius 1 is 1.03 bits per heavy atom. The van der Waals surface area contributed by atoms with E-state index in [0.29, 0.717) is 10.6 Å². The van der Waals surface area contributed by atoms with Gasteiger partial charge in [-0.15, -0.1) is 11.3 Å². The molecule has 0 saturated heterocycles. The second-order valence-electron chi connectivity index (χ2n) is 6.93. The molecule has 3 rings (SSSR count). The number of nitrogens with two attached hydrogens (primary N) is 1. The van der Waals surface area contributed by atoms with Crippen LogP contribution in [0.1, 0.15) is 39.2 Å². The van der Waals surface area contributed by atoms with E-state index in [2.05, 4.69) is 10.6 Å². The Morgan fingerprint density at radius 2 is 1.77 bits per heavy atom. The maximum Gasteiger partial charge on any atom is 0.325 e. The first-order valence-electron chi connectivity index (χ1n) is 9.64. The third-order valence-electron chi connectivity index (χ3n) is 4.67. The highest BCUT2D eigenvalue weighted by Crippen LogP contribution is 2.37. The van der Waals surface area contributed by atoms with Crippen molar-refractivity contribution in [1.82, 2.24) is 5.32 Å². The van der Waals surface area contributed by atoms with Crippen molar-refractivity contribution < 1.29 is 23.9 Å². The first-order valence-corrected chi connectivity index (χ1v) is 10.5. The van der Waals surface area contributed by atoms with Gasteiger partial charge < -0.3 is 21.1 Å².